The molecule has 0 saturated carbocycles. The molecular weight excluding hydrogens is 523 g/mol. The number of aryl methyl sites for hydroxylation is 1. The Morgan fingerprint density at radius 3 is 1.76 bits per heavy atom. The van der Waals surface area contributed by atoms with Crippen LogP contribution in [-0.2, 0) is 23.1 Å². The summed E-state index contributed by atoms with van der Waals surface area (Å²) in [5, 5.41) is 3.26. The number of pyridine rings is 1. The zero-order chi connectivity index (χ0) is 25.7. The summed E-state index contributed by atoms with van der Waals surface area (Å²) in [6.45, 7) is 2.47. The van der Waals surface area contributed by atoms with Crippen LogP contribution in [0.2, 0.25) is 10.0 Å². The van der Waals surface area contributed by atoms with E-state index in [4.69, 9.17) is 23.2 Å². The van der Waals surface area contributed by atoms with Crippen LogP contribution >= 0.6 is 23.2 Å². The van der Waals surface area contributed by atoms with Gasteiger partial charge in [-0.1, -0.05) is 65.2 Å². The molecule has 1 aromatic heterocycles. The Morgan fingerprint density at radius 2 is 1.22 bits per heavy atom. The molecule has 0 unspecified atom stereocenters. The van der Waals surface area contributed by atoms with Crippen LogP contribution in [0.3, 0.4) is 0 Å². The van der Waals surface area contributed by atoms with E-state index in [9.17, 15) is 8.42 Å². The lowest BCUT2D eigenvalue weighted by Gasteiger charge is -2.18. The van der Waals surface area contributed by atoms with Gasteiger partial charge in [0.25, 0.3) is 0 Å². The molecule has 1 aliphatic heterocycles. The summed E-state index contributed by atoms with van der Waals surface area (Å²) in [6.07, 6.45) is 3.63. The first-order valence-electron chi connectivity index (χ1n) is 11.8. The topological polar surface area (TPSA) is 50.3 Å². The zero-order valence-corrected chi connectivity index (χ0v) is 22.3. The molecule has 0 fully saturated rings. The minimum atomic E-state index is -3.72. The maximum atomic E-state index is 13.8. The summed E-state index contributed by atoms with van der Waals surface area (Å²) < 4.78 is 29.1. The number of sulfonamides is 1. The molecule has 2 heterocycles. The van der Waals surface area contributed by atoms with E-state index in [0.717, 1.165) is 49.7 Å². The largest absolute Gasteiger partial charge is 0.264 e. The Bertz CT molecular complexity index is 1660. The SMILES string of the molecule is Cc1ccc(S(=O)(=O)N2Cc3c(c(-c4ccc(Cl)cc4)c4cnccc4c3-c3ccc(Cl)cc3)C2)cc1. The summed E-state index contributed by atoms with van der Waals surface area (Å²) in [7, 11) is -3.72. The molecule has 5 aromatic rings. The fraction of sp³-hybridized carbons (Fsp3) is 0.100. The van der Waals surface area contributed by atoms with Crippen molar-refractivity contribution in [2.75, 3.05) is 0 Å². The first-order valence-corrected chi connectivity index (χ1v) is 14.0. The van der Waals surface area contributed by atoms with Gasteiger partial charge in [-0.3, -0.25) is 4.98 Å². The van der Waals surface area contributed by atoms with E-state index >= 15 is 0 Å². The number of halogens is 2. The minimum absolute atomic E-state index is 0.259. The fourth-order valence-corrected chi connectivity index (χ4v) is 6.75. The first kappa shape index (κ1) is 24.1. The second-order valence-corrected chi connectivity index (χ2v) is 12.0. The third kappa shape index (κ3) is 4.22. The normalized spacial score (nSPS) is 13.7. The van der Waals surface area contributed by atoms with Crippen LogP contribution in [-0.4, -0.2) is 17.7 Å². The lowest BCUT2D eigenvalue weighted by molar-refractivity contribution is 0.432. The summed E-state index contributed by atoms with van der Waals surface area (Å²) in [5.41, 5.74) is 6.91. The molecule has 0 aliphatic carbocycles. The summed E-state index contributed by atoms with van der Waals surface area (Å²) in [6, 6.07) is 24.4. The van der Waals surface area contributed by atoms with E-state index in [2.05, 4.69) is 4.98 Å². The predicted octanol–water partition coefficient (Wildman–Crippen LogP) is 7.89. The van der Waals surface area contributed by atoms with Gasteiger partial charge in [-0.05, 0) is 88.2 Å². The van der Waals surface area contributed by atoms with E-state index in [1.54, 1.807) is 22.6 Å². The molecule has 0 amide bonds. The molecular formula is C30H22Cl2N2O2S. The molecule has 184 valence electrons. The van der Waals surface area contributed by atoms with E-state index in [1.807, 2.05) is 79.9 Å². The maximum absolute atomic E-state index is 13.8. The molecule has 0 atom stereocenters. The van der Waals surface area contributed by atoms with Gasteiger partial charge in [0, 0.05) is 40.9 Å². The Hall–Kier alpha value is -3.22. The van der Waals surface area contributed by atoms with Gasteiger partial charge >= 0.3 is 0 Å². The van der Waals surface area contributed by atoms with Crippen molar-refractivity contribution in [3.8, 4) is 22.3 Å². The van der Waals surface area contributed by atoms with Crippen molar-refractivity contribution < 1.29 is 8.42 Å². The summed E-state index contributed by atoms with van der Waals surface area (Å²) >= 11 is 12.4. The number of benzene rings is 4. The van der Waals surface area contributed by atoms with Gasteiger partial charge in [-0.25, -0.2) is 8.42 Å². The molecule has 4 aromatic carbocycles. The number of hydrogen-bond acceptors (Lipinski definition) is 3. The lowest BCUT2D eigenvalue weighted by Crippen LogP contribution is -2.25. The Kier molecular flexibility index (Phi) is 6.04. The predicted molar refractivity (Wildman–Crippen MR) is 150 cm³/mol. The van der Waals surface area contributed by atoms with Gasteiger partial charge in [-0.15, -0.1) is 0 Å². The van der Waals surface area contributed by atoms with Crippen LogP contribution in [0, 0.1) is 6.92 Å². The molecule has 0 radical (unpaired) electrons. The maximum Gasteiger partial charge on any atom is 0.243 e. The van der Waals surface area contributed by atoms with Crippen molar-refractivity contribution in [2.45, 2.75) is 24.9 Å². The van der Waals surface area contributed by atoms with E-state index in [1.165, 1.54) is 0 Å². The highest BCUT2D eigenvalue weighted by Gasteiger charge is 2.35. The third-order valence-electron chi connectivity index (χ3n) is 6.92. The van der Waals surface area contributed by atoms with Crippen LogP contribution in [0.25, 0.3) is 33.0 Å². The molecule has 0 bridgehead atoms. The third-order valence-corrected chi connectivity index (χ3v) is 9.23. The molecule has 1 aliphatic rings. The summed E-state index contributed by atoms with van der Waals surface area (Å²) in [5.74, 6) is 0. The van der Waals surface area contributed by atoms with Gasteiger partial charge in [-0.2, -0.15) is 4.31 Å². The van der Waals surface area contributed by atoms with Crippen molar-refractivity contribution in [3.63, 3.8) is 0 Å². The molecule has 0 saturated heterocycles. The first-order chi connectivity index (χ1) is 17.8. The molecule has 7 heteroatoms. The number of rotatable bonds is 4. The van der Waals surface area contributed by atoms with E-state index < -0.39 is 10.0 Å². The molecule has 37 heavy (non-hydrogen) atoms. The van der Waals surface area contributed by atoms with Gasteiger partial charge < -0.3 is 0 Å². The standard InChI is InChI=1S/C30H22Cl2N2O2S/c1-19-2-12-24(13-3-19)37(35,36)34-17-27-28(18-34)30(21-6-10-23(32)11-7-21)26-16-33-15-14-25(26)29(27)20-4-8-22(31)9-5-20/h2-16H,17-18H2,1H3. The van der Waals surface area contributed by atoms with Crippen molar-refractivity contribution >= 4 is 44.0 Å². The lowest BCUT2D eigenvalue weighted by atomic mass is 9.85. The van der Waals surface area contributed by atoms with Crippen molar-refractivity contribution in [3.05, 3.63) is 118 Å². The smallest absolute Gasteiger partial charge is 0.243 e. The van der Waals surface area contributed by atoms with E-state index in [0.29, 0.717) is 14.9 Å². The van der Waals surface area contributed by atoms with Gasteiger partial charge in [0.15, 0.2) is 0 Å². The molecule has 0 spiro atoms. The highest BCUT2D eigenvalue weighted by Crippen LogP contribution is 2.46. The Morgan fingerprint density at radius 1 is 0.703 bits per heavy atom. The monoisotopic (exact) mass is 544 g/mol. The van der Waals surface area contributed by atoms with Gasteiger partial charge in [0.1, 0.15) is 0 Å². The van der Waals surface area contributed by atoms with Crippen LogP contribution in [0.15, 0.2) is 96.2 Å². The van der Waals surface area contributed by atoms with Crippen molar-refractivity contribution in [2.24, 2.45) is 0 Å². The van der Waals surface area contributed by atoms with Crippen LogP contribution in [0.5, 0.6) is 0 Å². The van der Waals surface area contributed by atoms with Gasteiger partial charge in [0.05, 0.1) is 4.90 Å². The average Bonchev–Trinajstić information content (AvgIpc) is 3.34. The zero-order valence-electron chi connectivity index (χ0n) is 19.9. The van der Waals surface area contributed by atoms with Gasteiger partial charge in [0.2, 0.25) is 10.0 Å². The highest BCUT2D eigenvalue weighted by atomic mass is 35.5. The second kappa shape index (κ2) is 9.26. The molecule has 0 N–H and O–H groups in total. The number of fused-ring (bicyclic) bond motifs is 2. The molecule has 6 rings (SSSR count). The number of aromatic nitrogens is 1. The Labute approximate surface area is 226 Å². The number of nitrogens with zero attached hydrogens (tertiary/aromatic N) is 2. The average molecular weight is 545 g/mol. The second-order valence-electron chi connectivity index (χ2n) is 9.23. The van der Waals surface area contributed by atoms with Crippen molar-refractivity contribution in [1.82, 2.24) is 9.29 Å². The van der Waals surface area contributed by atoms with Crippen LogP contribution < -0.4 is 0 Å². The summed E-state index contributed by atoms with van der Waals surface area (Å²) in [4.78, 5) is 4.73. The van der Waals surface area contributed by atoms with Crippen LogP contribution in [0.1, 0.15) is 16.7 Å². The van der Waals surface area contributed by atoms with E-state index in [-0.39, 0.29) is 13.1 Å². The van der Waals surface area contributed by atoms with Crippen LogP contribution in [0.4, 0.5) is 0 Å². The van der Waals surface area contributed by atoms with Crippen molar-refractivity contribution in [1.29, 1.82) is 0 Å². The quantitative estimate of drug-likeness (QED) is 0.231. The fourth-order valence-electron chi connectivity index (χ4n) is 5.12. The Balaban J connectivity index is 1.62. The minimum Gasteiger partial charge on any atom is -0.264 e. The number of hydrogen-bond donors (Lipinski definition) is 0. The highest BCUT2D eigenvalue weighted by molar-refractivity contribution is 7.89. The molecule has 4 nitrogen and oxygen atoms in total.